The second-order valence-corrected chi connectivity index (χ2v) is 9.95. The number of hydrogen-bond acceptors (Lipinski definition) is 5. The fraction of sp³-hybridized carbons (Fsp3) is 0.286. The lowest BCUT2D eigenvalue weighted by Gasteiger charge is -2.13. The van der Waals surface area contributed by atoms with E-state index in [1.165, 1.54) is 32.6 Å². The van der Waals surface area contributed by atoms with Crippen molar-refractivity contribution in [2.75, 3.05) is 5.32 Å². The molecule has 2 N–H and O–H groups in total. The molecule has 0 saturated carbocycles. The molecule has 8 nitrogen and oxygen atoms in total. The molecule has 2 amide bonds. The van der Waals surface area contributed by atoms with E-state index in [1.54, 1.807) is 29.6 Å². The lowest BCUT2D eigenvalue weighted by atomic mass is 10.1. The van der Waals surface area contributed by atoms with Crippen molar-refractivity contribution >= 4 is 39.1 Å². The Morgan fingerprint density at radius 2 is 1.68 bits per heavy atom. The van der Waals surface area contributed by atoms with Crippen molar-refractivity contribution in [3.8, 4) is 0 Å². The van der Waals surface area contributed by atoms with Crippen LogP contribution in [-0.4, -0.2) is 20.9 Å². The number of amides is 2. The van der Waals surface area contributed by atoms with Crippen LogP contribution < -0.4 is 21.9 Å². The highest BCUT2D eigenvalue weighted by Crippen LogP contribution is 2.17. The molecule has 38 heavy (non-hydrogen) atoms. The number of fused-ring (bicyclic) bond motifs is 1. The van der Waals surface area contributed by atoms with Gasteiger partial charge in [-0.3, -0.25) is 23.5 Å². The van der Waals surface area contributed by atoms with Crippen LogP contribution >= 0.6 is 11.3 Å². The third-order valence-electron chi connectivity index (χ3n) is 6.25. The second kappa shape index (κ2) is 12.5. The highest BCUT2D eigenvalue weighted by Gasteiger charge is 2.17. The molecule has 4 rings (SSSR count). The number of thiophene rings is 1. The van der Waals surface area contributed by atoms with E-state index < -0.39 is 5.69 Å². The standard InChI is InChI=1S/C28H29FN4O4S/c1-19-7-4-5-8-22(19)31-25(35)18-33-23-14-16-38-26(23)27(36)32(28(33)37)15-6-2-3-9-24(34)30-17-20-10-12-21(29)13-11-20/h4-5,7-8,10-14,16H,2-3,6,9,15,17-18H2,1H3,(H,30,34)(H,31,35). The first kappa shape index (κ1) is 27.0. The summed E-state index contributed by atoms with van der Waals surface area (Å²) in [6.45, 7) is 2.19. The smallest absolute Gasteiger partial charge is 0.332 e. The summed E-state index contributed by atoms with van der Waals surface area (Å²) < 4.78 is 15.9. The molecule has 4 aromatic rings. The first-order valence-electron chi connectivity index (χ1n) is 12.4. The van der Waals surface area contributed by atoms with Gasteiger partial charge in [0.2, 0.25) is 11.8 Å². The van der Waals surface area contributed by atoms with Gasteiger partial charge in [0, 0.05) is 25.2 Å². The van der Waals surface area contributed by atoms with Gasteiger partial charge >= 0.3 is 5.69 Å². The summed E-state index contributed by atoms with van der Waals surface area (Å²) in [6.07, 6.45) is 2.08. The van der Waals surface area contributed by atoms with Gasteiger partial charge < -0.3 is 10.6 Å². The minimum Gasteiger partial charge on any atom is -0.352 e. The molecular formula is C28H29FN4O4S. The Morgan fingerprint density at radius 1 is 0.921 bits per heavy atom. The lowest BCUT2D eigenvalue weighted by molar-refractivity contribution is -0.121. The summed E-state index contributed by atoms with van der Waals surface area (Å²) in [5, 5.41) is 7.37. The summed E-state index contributed by atoms with van der Waals surface area (Å²) in [5.41, 5.74) is 1.93. The minimum atomic E-state index is -0.530. The average Bonchev–Trinajstić information content (AvgIpc) is 3.39. The van der Waals surface area contributed by atoms with E-state index in [-0.39, 0.29) is 36.3 Å². The Bertz CT molecular complexity index is 1560. The molecule has 0 unspecified atom stereocenters. The number of carbonyl (C=O) groups is 2. The van der Waals surface area contributed by atoms with Gasteiger partial charge in [0.15, 0.2) is 0 Å². The highest BCUT2D eigenvalue weighted by molar-refractivity contribution is 7.17. The fourth-order valence-corrected chi connectivity index (χ4v) is 5.00. The number of carbonyl (C=O) groups excluding carboxylic acids is 2. The fourth-order valence-electron chi connectivity index (χ4n) is 4.15. The zero-order valence-electron chi connectivity index (χ0n) is 21.0. The quantitative estimate of drug-likeness (QED) is 0.281. The monoisotopic (exact) mass is 536 g/mol. The maximum atomic E-state index is 13.2. The molecule has 2 heterocycles. The number of nitrogens with zero attached hydrogens (tertiary/aromatic N) is 2. The molecule has 0 atom stereocenters. The minimum absolute atomic E-state index is 0.117. The Balaban J connectivity index is 1.34. The zero-order chi connectivity index (χ0) is 27.1. The lowest BCUT2D eigenvalue weighted by Crippen LogP contribution is -2.41. The van der Waals surface area contributed by atoms with Crippen molar-refractivity contribution in [2.45, 2.75) is 52.2 Å². The number of rotatable bonds is 11. The largest absolute Gasteiger partial charge is 0.352 e. The number of halogens is 1. The van der Waals surface area contributed by atoms with E-state index in [9.17, 15) is 23.6 Å². The van der Waals surface area contributed by atoms with Crippen LogP contribution in [0.2, 0.25) is 0 Å². The number of anilines is 1. The molecule has 10 heteroatoms. The molecule has 0 bridgehead atoms. The summed E-state index contributed by atoms with van der Waals surface area (Å²) in [4.78, 5) is 51.1. The highest BCUT2D eigenvalue weighted by atomic mass is 32.1. The molecule has 2 aromatic heterocycles. The van der Waals surface area contributed by atoms with Crippen LogP contribution in [0.4, 0.5) is 10.1 Å². The first-order chi connectivity index (χ1) is 18.3. The molecule has 0 fully saturated rings. The van der Waals surface area contributed by atoms with Crippen molar-refractivity contribution < 1.29 is 14.0 Å². The maximum absolute atomic E-state index is 13.2. The van der Waals surface area contributed by atoms with Crippen molar-refractivity contribution in [2.24, 2.45) is 0 Å². The van der Waals surface area contributed by atoms with E-state index in [4.69, 9.17) is 0 Å². The van der Waals surface area contributed by atoms with Crippen molar-refractivity contribution in [3.05, 3.63) is 97.8 Å². The summed E-state index contributed by atoms with van der Waals surface area (Å²) in [6, 6.07) is 15.0. The van der Waals surface area contributed by atoms with E-state index in [0.717, 1.165) is 11.1 Å². The zero-order valence-corrected chi connectivity index (χ0v) is 21.9. The maximum Gasteiger partial charge on any atom is 0.332 e. The van der Waals surface area contributed by atoms with Gasteiger partial charge in [0.1, 0.15) is 17.1 Å². The number of hydrogen-bond donors (Lipinski definition) is 2. The molecule has 0 aliphatic rings. The molecule has 0 radical (unpaired) electrons. The molecule has 0 spiro atoms. The number of aromatic nitrogens is 2. The summed E-state index contributed by atoms with van der Waals surface area (Å²) in [5.74, 6) is -0.797. The number of unbranched alkanes of at least 4 members (excludes halogenated alkanes) is 2. The van der Waals surface area contributed by atoms with Crippen molar-refractivity contribution in [3.63, 3.8) is 0 Å². The molecule has 0 aliphatic heterocycles. The van der Waals surface area contributed by atoms with Crippen LogP contribution in [-0.2, 0) is 29.2 Å². The Morgan fingerprint density at radius 3 is 2.45 bits per heavy atom. The number of aryl methyl sites for hydroxylation is 1. The molecule has 198 valence electrons. The van der Waals surface area contributed by atoms with E-state index in [2.05, 4.69) is 10.6 Å². The number of nitrogens with one attached hydrogen (secondary N) is 2. The molecule has 0 aliphatic carbocycles. The van der Waals surface area contributed by atoms with Gasteiger partial charge in [-0.15, -0.1) is 11.3 Å². The normalized spacial score (nSPS) is 11.0. The third kappa shape index (κ3) is 6.63. The van der Waals surface area contributed by atoms with E-state index in [0.29, 0.717) is 48.1 Å². The predicted molar refractivity (Wildman–Crippen MR) is 147 cm³/mol. The number of para-hydroxylation sites is 1. The van der Waals surface area contributed by atoms with Crippen LogP contribution in [0.5, 0.6) is 0 Å². The van der Waals surface area contributed by atoms with Crippen LogP contribution in [0.3, 0.4) is 0 Å². The van der Waals surface area contributed by atoms with Crippen LogP contribution in [0, 0.1) is 12.7 Å². The SMILES string of the molecule is Cc1ccccc1NC(=O)Cn1c(=O)n(CCCCCC(=O)NCc2ccc(F)cc2)c(=O)c2sccc21. The summed E-state index contributed by atoms with van der Waals surface area (Å²) >= 11 is 1.24. The van der Waals surface area contributed by atoms with Gasteiger partial charge in [-0.05, 0) is 60.5 Å². The number of benzene rings is 2. The summed E-state index contributed by atoms with van der Waals surface area (Å²) in [7, 11) is 0. The Kier molecular flexibility index (Phi) is 8.85. The molecule has 0 saturated heterocycles. The van der Waals surface area contributed by atoms with Gasteiger partial charge in [-0.25, -0.2) is 9.18 Å². The van der Waals surface area contributed by atoms with Crippen LogP contribution in [0.15, 0.2) is 69.6 Å². The van der Waals surface area contributed by atoms with E-state index in [1.807, 2.05) is 25.1 Å². The Labute approximate surface area is 222 Å². The second-order valence-electron chi connectivity index (χ2n) is 9.04. The van der Waals surface area contributed by atoms with E-state index >= 15 is 0 Å². The molecule has 2 aromatic carbocycles. The molecular weight excluding hydrogens is 507 g/mol. The Hall–Kier alpha value is -4.05. The van der Waals surface area contributed by atoms with Gasteiger partial charge in [-0.1, -0.05) is 36.8 Å². The topological polar surface area (TPSA) is 102 Å². The van der Waals surface area contributed by atoms with Crippen molar-refractivity contribution in [1.29, 1.82) is 0 Å². The van der Waals surface area contributed by atoms with Crippen LogP contribution in [0.25, 0.3) is 10.2 Å². The van der Waals surface area contributed by atoms with Gasteiger partial charge in [0.05, 0.1) is 5.52 Å². The van der Waals surface area contributed by atoms with Crippen molar-refractivity contribution in [1.82, 2.24) is 14.5 Å². The average molecular weight is 537 g/mol. The first-order valence-corrected chi connectivity index (χ1v) is 13.3. The van der Waals surface area contributed by atoms with Crippen LogP contribution in [0.1, 0.15) is 36.8 Å². The van der Waals surface area contributed by atoms with Gasteiger partial charge in [0.25, 0.3) is 5.56 Å². The predicted octanol–water partition coefficient (Wildman–Crippen LogP) is 4.19. The van der Waals surface area contributed by atoms with Gasteiger partial charge in [-0.2, -0.15) is 0 Å². The third-order valence-corrected chi connectivity index (χ3v) is 7.14.